The van der Waals surface area contributed by atoms with Gasteiger partial charge in [-0.25, -0.2) is 9.78 Å². The van der Waals surface area contributed by atoms with Crippen molar-refractivity contribution < 1.29 is 19.2 Å². The Morgan fingerprint density at radius 2 is 1.62 bits per heavy atom. The fourth-order valence-corrected chi connectivity index (χ4v) is 0.118. The first-order valence-electron chi connectivity index (χ1n) is 2.14. The van der Waals surface area contributed by atoms with E-state index >= 15 is 0 Å². The Kier molecular flexibility index (Phi) is 6.70. The number of rotatable bonds is 2. The van der Waals surface area contributed by atoms with Gasteiger partial charge in [-0.3, -0.25) is 0 Å². The van der Waals surface area contributed by atoms with E-state index in [0.717, 1.165) is 0 Å². The minimum atomic E-state index is 0.389. The Hall–Kier alpha value is -0.160. The first-order chi connectivity index (χ1) is 3.91. The van der Waals surface area contributed by atoms with E-state index in [0.29, 0.717) is 13.6 Å². The Morgan fingerprint density at radius 3 is 1.62 bits per heavy atom. The molecule has 1 fully saturated rings. The van der Waals surface area contributed by atoms with E-state index in [4.69, 9.17) is 0 Å². The summed E-state index contributed by atoms with van der Waals surface area (Å²) in [6.07, 6.45) is 0. The highest BCUT2D eigenvalue weighted by molar-refractivity contribution is 3.87. The second-order valence-electron chi connectivity index (χ2n) is 1.05. The zero-order valence-electron chi connectivity index (χ0n) is 5.05. The molecule has 4 nitrogen and oxygen atoms in total. The van der Waals surface area contributed by atoms with Gasteiger partial charge in [0.15, 0.2) is 0 Å². The van der Waals surface area contributed by atoms with Crippen molar-refractivity contribution in [3.05, 3.63) is 0 Å². The van der Waals surface area contributed by atoms with Gasteiger partial charge in [0.2, 0.25) is 6.79 Å². The van der Waals surface area contributed by atoms with Crippen molar-refractivity contribution in [2.24, 2.45) is 0 Å². The number of hydrogen-bond acceptors (Lipinski definition) is 4. The van der Waals surface area contributed by atoms with E-state index in [1.807, 2.05) is 0 Å². The summed E-state index contributed by atoms with van der Waals surface area (Å²) in [5.74, 6) is 0. The van der Waals surface area contributed by atoms with E-state index in [1.165, 1.54) is 0 Å². The Morgan fingerprint density at radius 1 is 1.25 bits per heavy atom. The summed E-state index contributed by atoms with van der Waals surface area (Å²) >= 11 is 0. The summed E-state index contributed by atoms with van der Waals surface area (Å²) in [6.45, 7) is 0.889. The molecule has 0 amide bonds. The van der Waals surface area contributed by atoms with Gasteiger partial charge < -0.3 is 9.47 Å². The van der Waals surface area contributed by atoms with Gasteiger partial charge in [0.1, 0.15) is 6.79 Å². The van der Waals surface area contributed by atoms with Crippen LogP contribution in [0.1, 0.15) is 0 Å². The number of ether oxygens (including phenoxy) is 2. The molecular formula is C4H10O4. The standard InChI is InChI=1S/C3H8O2.CH2O2/c1-4-3-5-2;1-2-3-1/h3H2,1-2H3;1H2. The normalized spacial score (nSPS) is 14.2. The fraction of sp³-hybridized carbons (Fsp3) is 1.00. The maximum absolute atomic E-state index is 4.47. The Labute approximate surface area is 48.2 Å². The molecule has 1 rings (SSSR count). The van der Waals surface area contributed by atoms with Crippen LogP contribution in [0.5, 0.6) is 0 Å². The predicted octanol–water partition coefficient (Wildman–Crippen LogP) is 0.142. The maximum Gasteiger partial charge on any atom is 0.214 e. The Balaban J connectivity index is 0.000000135. The molecule has 0 aromatic heterocycles. The molecule has 0 aliphatic carbocycles. The van der Waals surface area contributed by atoms with Crippen molar-refractivity contribution in [3.63, 3.8) is 0 Å². The van der Waals surface area contributed by atoms with Crippen molar-refractivity contribution in [3.8, 4) is 0 Å². The lowest BCUT2D eigenvalue weighted by atomic mass is 11.4. The molecule has 50 valence electrons. The third-order valence-electron chi connectivity index (χ3n) is 0.354. The van der Waals surface area contributed by atoms with Crippen LogP contribution in [0.4, 0.5) is 0 Å². The van der Waals surface area contributed by atoms with Crippen LogP contribution in [-0.2, 0) is 19.2 Å². The molecule has 0 saturated carbocycles. The molecule has 0 N–H and O–H groups in total. The van der Waals surface area contributed by atoms with Crippen LogP contribution in [0.15, 0.2) is 0 Å². The van der Waals surface area contributed by atoms with Gasteiger partial charge in [-0.2, -0.15) is 0 Å². The van der Waals surface area contributed by atoms with Gasteiger partial charge in [-0.15, -0.1) is 0 Å². The summed E-state index contributed by atoms with van der Waals surface area (Å²) in [5.41, 5.74) is 0. The third-order valence-corrected chi connectivity index (χ3v) is 0.354. The van der Waals surface area contributed by atoms with Gasteiger partial charge in [-0.1, -0.05) is 0 Å². The van der Waals surface area contributed by atoms with Crippen LogP contribution in [-0.4, -0.2) is 27.8 Å². The molecule has 0 unspecified atom stereocenters. The first kappa shape index (κ1) is 7.84. The van der Waals surface area contributed by atoms with Gasteiger partial charge in [-0.05, 0) is 0 Å². The summed E-state index contributed by atoms with van der Waals surface area (Å²) in [5, 5.41) is 0. The predicted molar refractivity (Wildman–Crippen MR) is 25.9 cm³/mol. The average molecular weight is 122 g/mol. The quantitative estimate of drug-likeness (QED) is 0.297. The molecule has 8 heavy (non-hydrogen) atoms. The fourth-order valence-electron chi connectivity index (χ4n) is 0.118. The average Bonchev–Trinajstić information content (AvgIpc) is 2.50. The van der Waals surface area contributed by atoms with Crippen LogP contribution < -0.4 is 0 Å². The highest BCUT2D eigenvalue weighted by Crippen LogP contribution is 1.89. The highest BCUT2D eigenvalue weighted by Gasteiger charge is 1.95. The molecule has 1 heterocycles. The van der Waals surface area contributed by atoms with Crippen LogP contribution in [0.3, 0.4) is 0 Å². The molecular weight excluding hydrogens is 112 g/mol. The van der Waals surface area contributed by atoms with E-state index < -0.39 is 0 Å². The summed E-state index contributed by atoms with van der Waals surface area (Å²) in [7, 11) is 3.17. The Bertz CT molecular complexity index is 32.3. The van der Waals surface area contributed by atoms with Crippen LogP contribution >= 0.6 is 0 Å². The lowest BCUT2D eigenvalue weighted by Gasteiger charge is -1.87. The van der Waals surface area contributed by atoms with Crippen molar-refractivity contribution in [1.82, 2.24) is 0 Å². The highest BCUT2D eigenvalue weighted by atomic mass is 17.4. The number of methoxy groups -OCH3 is 2. The van der Waals surface area contributed by atoms with Gasteiger partial charge in [0, 0.05) is 14.2 Å². The van der Waals surface area contributed by atoms with E-state index in [9.17, 15) is 0 Å². The second kappa shape index (κ2) is 6.84. The molecule has 4 heteroatoms. The zero-order valence-corrected chi connectivity index (χ0v) is 5.05. The minimum Gasteiger partial charge on any atom is -0.359 e. The van der Waals surface area contributed by atoms with Gasteiger partial charge in [0.05, 0.1) is 0 Å². The largest absolute Gasteiger partial charge is 0.359 e. The molecule has 1 saturated heterocycles. The summed E-state index contributed by atoms with van der Waals surface area (Å²) < 4.78 is 8.94. The third kappa shape index (κ3) is 17.0. The summed E-state index contributed by atoms with van der Waals surface area (Å²) in [6, 6.07) is 0. The summed E-state index contributed by atoms with van der Waals surface area (Å²) in [4.78, 5) is 8.00. The lowest BCUT2D eigenvalue weighted by Crippen LogP contribution is -1.87. The minimum absolute atomic E-state index is 0.389. The molecule has 1 aliphatic heterocycles. The molecule has 0 aromatic rings. The van der Waals surface area contributed by atoms with Crippen molar-refractivity contribution in [2.75, 3.05) is 27.8 Å². The van der Waals surface area contributed by atoms with Crippen molar-refractivity contribution >= 4 is 0 Å². The van der Waals surface area contributed by atoms with E-state index in [-0.39, 0.29) is 0 Å². The lowest BCUT2D eigenvalue weighted by molar-refractivity contribution is -0.00271. The van der Waals surface area contributed by atoms with Crippen molar-refractivity contribution in [1.29, 1.82) is 0 Å². The van der Waals surface area contributed by atoms with Crippen LogP contribution in [0, 0.1) is 0 Å². The zero-order chi connectivity index (χ0) is 6.24. The van der Waals surface area contributed by atoms with Gasteiger partial charge in [0.25, 0.3) is 0 Å². The number of hydrogen-bond donors (Lipinski definition) is 0. The second-order valence-corrected chi connectivity index (χ2v) is 1.05. The maximum atomic E-state index is 4.47. The van der Waals surface area contributed by atoms with Crippen LogP contribution in [0.2, 0.25) is 0 Å². The van der Waals surface area contributed by atoms with Gasteiger partial charge >= 0.3 is 0 Å². The molecule has 0 aromatic carbocycles. The van der Waals surface area contributed by atoms with E-state index in [1.54, 1.807) is 14.2 Å². The van der Waals surface area contributed by atoms with Crippen molar-refractivity contribution in [2.45, 2.75) is 0 Å². The molecule has 1 aliphatic rings. The smallest absolute Gasteiger partial charge is 0.214 e. The topological polar surface area (TPSA) is 43.5 Å². The molecule has 0 spiro atoms. The molecule has 0 radical (unpaired) electrons. The SMILES string of the molecule is C1OO1.COCOC. The van der Waals surface area contributed by atoms with Crippen LogP contribution in [0.25, 0.3) is 0 Å². The monoisotopic (exact) mass is 122 g/mol. The molecule has 0 atom stereocenters. The van der Waals surface area contributed by atoms with E-state index in [2.05, 4.69) is 19.2 Å². The first-order valence-corrected chi connectivity index (χ1v) is 2.14. The molecule has 0 bridgehead atoms.